The molecule has 0 unspecified atom stereocenters. The summed E-state index contributed by atoms with van der Waals surface area (Å²) in [4.78, 5) is 21.7. The molecule has 0 radical (unpaired) electrons. The third-order valence-electron chi connectivity index (χ3n) is 0.382. The molecule has 0 aromatic heterocycles. The van der Waals surface area contributed by atoms with Crippen LogP contribution < -0.4 is 0 Å². The zero-order chi connectivity index (χ0) is 15.6. The molecule has 112 valence electrons. The van der Waals surface area contributed by atoms with Crippen LogP contribution in [-0.2, 0) is 14.5 Å². The molecule has 0 heterocycles. The van der Waals surface area contributed by atoms with E-state index in [4.69, 9.17) is 5.11 Å². The van der Waals surface area contributed by atoms with E-state index in [0.29, 0.717) is 0 Å². The van der Waals surface area contributed by atoms with Crippen molar-refractivity contribution in [1.29, 1.82) is 0 Å². The van der Waals surface area contributed by atoms with Gasteiger partial charge in [0.25, 0.3) is 0 Å². The van der Waals surface area contributed by atoms with Gasteiger partial charge in [0, 0.05) is 4.53 Å². The van der Waals surface area contributed by atoms with E-state index >= 15 is 0 Å². The van der Waals surface area contributed by atoms with Crippen molar-refractivity contribution in [3.8, 4) is 0 Å². The van der Waals surface area contributed by atoms with Crippen LogP contribution in [0.3, 0.4) is 0 Å². The van der Waals surface area contributed by atoms with E-state index in [1.165, 1.54) is 0 Å². The van der Waals surface area contributed by atoms with Crippen LogP contribution in [0.15, 0.2) is 0 Å². The molecule has 0 fully saturated rings. The fraction of sp³-hybridized carbons (Fsp3) is 0.333. The predicted octanol–water partition coefficient (Wildman–Crippen LogP) is 1.84. The van der Waals surface area contributed by atoms with E-state index in [1.54, 1.807) is 0 Å². The Kier molecular flexibility index (Phi) is 16.9. The van der Waals surface area contributed by atoms with E-state index in [2.05, 4.69) is 4.94 Å². The average Bonchev–Trinajstić information content (AvgIpc) is 1.96. The van der Waals surface area contributed by atoms with Crippen LogP contribution in [0.5, 0.6) is 0 Å². The molecule has 0 bridgehead atoms. The molecule has 19 heavy (non-hydrogen) atoms. The van der Waals surface area contributed by atoms with Gasteiger partial charge >= 0.3 is 45.3 Å². The Hall–Kier alpha value is -0.963. The Morgan fingerprint density at radius 3 is 1.16 bits per heavy atom. The Morgan fingerprint density at radius 1 is 0.895 bits per heavy atom. The van der Waals surface area contributed by atoms with Crippen LogP contribution in [0, 0.1) is 0 Å². The Bertz CT molecular complexity index is 231. The van der Waals surface area contributed by atoms with Gasteiger partial charge in [-0.25, -0.2) is 4.79 Å². The minimum atomic E-state index is -6.00. The molecule has 0 amide bonds. The van der Waals surface area contributed by atoms with E-state index < -0.39 is 32.9 Å². The number of carboxylic acid groups (broad SMARTS) is 1. The van der Waals surface area contributed by atoms with Crippen molar-refractivity contribution in [2.45, 2.75) is 6.42 Å². The molecule has 0 spiro atoms. The summed E-state index contributed by atoms with van der Waals surface area (Å²) in [6, 6.07) is 0. The maximum atomic E-state index is 10.6. The quantitative estimate of drug-likeness (QED) is 0.480. The first-order valence-electron chi connectivity index (χ1n) is 3.44. The molecule has 0 saturated carbocycles. The molecule has 0 aliphatic heterocycles. The number of carbonyl (C=O) groups is 2. The topological polar surface area (TPSA) is 63.6 Å². The molecule has 16 heteroatoms. The van der Waals surface area contributed by atoms with Gasteiger partial charge in [-0.3, -0.25) is 9.74 Å². The second-order valence-corrected chi connectivity index (χ2v) is 2.01. The van der Waals surface area contributed by atoms with Crippen LogP contribution >= 0.6 is 0 Å². The molecule has 1 N–H and O–H groups in total. The van der Waals surface area contributed by atoms with Crippen LogP contribution in [0.4, 0.5) is 39.1 Å². The molecule has 0 aliphatic carbocycles. The van der Waals surface area contributed by atoms with E-state index in [-0.39, 0.29) is 18.9 Å². The van der Waals surface area contributed by atoms with Gasteiger partial charge in [-0.2, -0.15) is 0 Å². The molecule has 0 saturated heterocycles. The third kappa shape index (κ3) is 152. The van der Waals surface area contributed by atoms with Crippen molar-refractivity contribution < 1.29 is 58.7 Å². The van der Waals surface area contributed by atoms with Crippen molar-refractivity contribution in [3.63, 3.8) is 0 Å². The molecule has 0 aromatic carbocycles. The fourth-order valence-corrected chi connectivity index (χ4v) is 0.151. The SMILES string of the molecule is F[B-](F)(F)F.F[B-](F)(F)F.O=C(O)CC(=O)OF.[LiH]. The van der Waals surface area contributed by atoms with Gasteiger partial charge in [-0.15, -0.1) is 0 Å². The Labute approximate surface area is 111 Å². The number of carbonyl (C=O) groups excluding carboxylic acids is 1. The second-order valence-electron chi connectivity index (χ2n) is 2.01. The molecular weight excluding hydrogens is 300 g/mol. The van der Waals surface area contributed by atoms with Crippen molar-refractivity contribution in [2.75, 3.05) is 0 Å². The number of carboxylic acids is 1. The maximum absolute atomic E-state index is 10.6. The number of hydrogen-bond donors (Lipinski definition) is 1. The first-order chi connectivity index (χ1) is 7.66. The standard InChI is InChI=1S/C3H3FO4.2BF4.Li.H/c4-8-3(7)1-2(5)6;2*2-1(3,4)5;;/h1H2,(H,5,6);;;;/q;2*-1;;. The minimum absolute atomic E-state index is 0. The molecule has 4 nitrogen and oxygen atoms in total. The summed E-state index contributed by atoms with van der Waals surface area (Å²) in [5.41, 5.74) is 0. The van der Waals surface area contributed by atoms with Gasteiger partial charge in [0.05, 0.1) is 0 Å². The summed E-state index contributed by atoms with van der Waals surface area (Å²) in [5.74, 6) is -2.80. The number of rotatable bonds is 2. The second kappa shape index (κ2) is 12.1. The van der Waals surface area contributed by atoms with Gasteiger partial charge in [0.15, 0.2) is 0 Å². The van der Waals surface area contributed by atoms with E-state index in [1.807, 2.05) is 0 Å². The van der Waals surface area contributed by atoms with Crippen LogP contribution in [0.1, 0.15) is 6.42 Å². The van der Waals surface area contributed by atoms with Gasteiger partial charge in [-0.05, 0) is 0 Å². The summed E-state index contributed by atoms with van der Waals surface area (Å²) >= 11 is 0. The monoisotopic (exact) mass is 304 g/mol. The van der Waals surface area contributed by atoms with Gasteiger partial charge in [0.2, 0.25) is 0 Å². The van der Waals surface area contributed by atoms with Gasteiger partial charge in [-0.1, -0.05) is 0 Å². The molecule has 0 aliphatic rings. The Morgan fingerprint density at radius 2 is 1.11 bits per heavy atom. The van der Waals surface area contributed by atoms with Crippen molar-refractivity contribution in [2.24, 2.45) is 0 Å². The van der Waals surface area contributed by atoms with Crippen molar-refractivity contribution in [1.82, 2.24) is 0 Å². The summed E-state index contributed by atoms with van der Waals surface area (Å²) in [7, 11) is -12.0. The normalized spacial score (nSPS) is 9.74. The molecular formula is C3H4B2F9LiO4-2. The zero-order valence-corrected chi connectivity index (χ0v) is 7.94. The molecule has 0 atom stereocenters. The first-order valence-corrected chi connectivity index (χ1v) is 3.44. The number of hydrogen-bond acceptors (Lipinski definition) is 3. The van der Waals surface area contributed by atoms with Gasteiger partial charge in [0.1, 0.15) is 6.42 Å². The number of aliphatic carboxylic acids is 1. The van der Waals surface area contributed by atoms with Gasteiger partial charge < -0.3 is 39.6 Å². The zero-order valence-electron chi connectivity index (χ0n) is 7.94. The van der Waals surface area contributed by atoms with E-state index in [0.717, 1.165) is 0 Å². The fourth-order valence-electron chi connectivity index (χ4n) is 0.151. The molecule has 0 rings (SSSR count). The first kappa shape index (κ1) is 26.6. The average molecular weight is 304 g/mol. The summed E-state index contributed by atoms with van der Waals surface area (Å²) < 4.78 is 88.6. The molecule has 0 aromatic rings. The van der Waals surface area contributed by atoms with Crippen LogP contribution in [0.25, 0.3) is 0 Å². The predicted molar refractivity (Wildman–Crippen MR) is 47.0 cm³/mol. The van der Waals surface area contributed by atoms with E-state index in [9.17, 15) is 48.6 Å². The third-order valence-corrected chi connectivity index (χ3v) is 0.382. The van der Waals surface area contributed by atoms with Crippen LogP contribution in [0.2, 0.25) is 0 Å². The Balaban J connectivity index is -0.0000000906. The number of halogens is 9. The summed E-state index contributed by atoms with van der Waals surface area (Å²) in [5, 5.41) is 7.75. The summed E-state index contributed by atoms with van der Waals surface area (Å²) in [6.07, 6.45) is -0.934. The van der Waals surface area contributed by atoms with Crippen molar-refractivity contribution >= 4 is 45.3 Å². The van der Waals surface area contributed by atoms with Crippen molar-refractivity contribution in [3.05, 3.63) is 0 Å². The summed E-state index contributed by atoms with van der Waals surface area (Å²) in [6.45, 7) is 0. The van der Waals surface area contributed by atoms with Crippen LogP contribution in [-0.4, -0.2) is 50.4 Å².